The molecule has 3 N–H and O–H groups in total. The molecule has 0 aromatic heterocycles. The van der Waals surface area contributed by atoms with Gasteiger partial charge in [0.2, 0.25) is 0 Å². The van der Waals surface area contributed by atoms with Gasteiger partial charge in [-0.1, -0.05) is 13.8 Å². The van der Waals surface area contributed by atoms with Crippen LogP contribution in [-0.2, 0) is 16.2 Å². The average molecular weight is 415 g/mol. The van der Waals surface area contributed by atoms with Crippen molar-refractivity contribution in [1.82, 2.24) is 5.32 Å². The van der Waals surface area contributed by atoms with E-state index in [1.807, 2.05) is 13.8 Å². The van der Waals surface area contributed by atoms with Crippen LogP contribution in [0.3, 0.4) is 0 Å². The lowest BCUT2D eigenvalue weighted by molar-refractivity contribution is -0.137. The topological polar surface area (TPSA) is 87.3 Å². The number of carbonyl (C=O) groups is 1. The molecule has 28 heavy (non-hydrogen) atoms. The highest BCUT2D eigenvalue weighted by atomic mass is 32.2. The minimum absolute atomic E-state index is 0.00302. The van der Waals surface area contributed by atoms with Gasteiger partial charge in [0.05, 0.1) is 10.5 Å². The first kappa shape index (κ1) is 21.5. The summed E-state index contributed by atoms with van der Waals surface area (Å²) in [4.78, 5) is 11.6. The van der Waals surface area contributed by atoms with E-state index in [0.717, 1.165) is 24.3 Å². The zero-order valence-electron chi connectivity index (χ0n) is 15.2. The molecule has 2 aromatic carbocycles. The van der Waals surface area contributed by atoms with Gasteiger partial charge in [0, 0.05) is 17.9 Å². The minimum Gasteiger partial charge on any atom is -0.338 e. The van der Waals surface area contributed by atoms with Gasteiger partial charge in [0.25, 0.3) is 10.0 Å². The molecule has 0 unspecified atom stereocenters. The third kappa shape index (κ3) is 6.15. The molecule has 152 valence electrons. The molecule has 10 heteroatoms. The van der Waals surface area contributed by atoms with E-state index in [0.29, 0.717) is 12.2 Å². The quantitative estimate of drug-likeness (QED) is 0.658. The summed E-state index contributed by atoms with van der Waals surface area (Å²) in [5.74, 6) is 0.287. The van der Waals surface area contributed by atoms with E-state index < -0.39 is 27.8 Å². The van der Waals surface area contributed by atoms with E-state index in [1.54, 1.807) is 0 Å². The normalized spacial score (nSPS) is 11.9. The van der Waals surface area contributed by atoms with Crippen molar-refractivity contribution in [2.45, 2.75) is 24.9 Å². The van der Waals surface area contributed by atoms with E-state index in [9.17, 15) is 26.4 Å². The van der Waals surface area contributed by atoms with Crippen molar-refractivity contribution in [3.8, 4) is 0 Å². The molecule has 0 saturated heterocycles. The maximum atomic E-state index is 12.6. The highest BCUT2D eigenvalue weighted by Crippen LogP contribution is 2.30. The third-order valence-corrected chi connectivity index (χ3v) is 4.95. The van der Waals surface area contributed by atoms with Gasteiger partial charge >= 0.3 is 12.2 Å². The number of sulfonamides is 1. The molecule has 0 atom stereocenters. The van der Waals surface area contributed by atoms with Gasteiger partial charge in [0.15, 0.2) is 0 Å². The van der Waals surface area contributed by atoms with E-state index in [2.05, 4.69) is 15.4 Å². The van der Waals surface area contributed by atoms with Crippen molar-refractivity contribution >= 4 is 27.4 Å². The number of urea groups is 1. The molecule has 0 bridgehead atoms. The van der Waals surface area contributed by atoms with Gasteiger partial charge in [-0.05, 0) is 54.4 Å². The molecular weight excluding hydrogens is 395 g/mol. The van der Waals surface area contributed by atoms with Crippen molar-refractivity contribution in [2.75, 3.05) is 16.6 Å². The maximum Gasteiger partial charge on any atom is 0.416 e. The van der Waals surface area contributed by atoms with Crippen LogP contribution in [-0.4, -0.2) is 21.0 Å². The number of benzene rings is 2. The number of nitrogens with one attached hydrogen (secondary N) is 3. The van der Waals surface area contributed by atoms with Crippen LogP contribution >= 0.6 is 0 Å². The van der Waals surface area contributed by atoms with Crippen LogP contribution in [0.25, 0.3) is 0 Å². The van der Waals surface area contributed by atoms with Crippen LogP contribution in [0, 0.1) is 5.92 Å². The summed E-state index contributed by atoms with van der Waals surface area (Å²) in [6.07, 6.45) is -4.50. The molecular formula is C18H20F3N3O3S. The summed E-state index contributed by atoms with van der Waals surface area (Å²) >= 11 is 0. The van der Waals surface area contributed by atoms with Crippen LogP contribution < -0.4 is 15.4 Å². The van der Waals surface area contributed by atoms with E-state index >= 15 is 0 Å². The second kappa shape index (κ2) is 8.51. The number of halogens is 3. The highest BCUT2D eigenvalue weighted by Gasteiger charge is 2.30. The van der Waals surface area contributed by atoms with Crippen LogP contribution in [0.1, 0.15) is 19.4 Å². The fourth-order valence-electron chi connectivity index (χ4n) is 2.13. The number of hydrogen-bond acceptors (Lipinski definition) is 3. The third-order valence-electron chi connectivity index (χ3n) is 3.56. The molecule has 2 aromatic rings. The molecule has 6 nitrogen and oxygen atoms in total. The Balaban J connectivity index is 2.04. The summed E-state index contributed by atoms with van der Waals surface area (Å²) in [5, 5.41) is 5.24. The fourth-order valence-corrected chi connectivity index (χ4v) is 3.19. The lowest BCUT2D eigenvalue weighted by atomic mass is 10.2. The maximum absolute atomic E-state index is 12.6. The molecule has 0 heterocycles. The first-order chi connectivity index (χ1) is 13.0. The number of alkyl halides is 3. The van der Waals surface area contributed by atoms with Crippen molar-refractivity contribution in [2.24, 2.45) is 5.92 Å². The number of amides is 2. The van der Waals surface area contributed by atoms with Crippen LogP contribution in [0.5, 0.6) is 0 Å². The van der Waals surface area contributed by atoms with Gasteiger partial charge in [-0.25, -0.2) is 13.2 Å². The molecule has 0 aliphatic rings. The Labute approximate surface area is 161 Å². The number of hydrogen-bond donors (Lipinski definition) is 3. The molecule has 0 aliphatic carbocycles. The van der Waals surface area contributed by atoms with Crippen LogP contribution in [0.2, 0.25) is 0 Å². The fraction of sp³-hybridized carbons (Fsp3) is 0.278. The van der Waals surface area contributed by atoms with Crippen molar-refractivity contribution in [3.05, 3.63) is 54.1 Å². The monoisotopic (exact) mass is 415 g/mol. The SMILES string of the molecule is CC(C)CNC(=O)Nc1ccc(S(=O)(=O)Nc2ccc(C(F)(F)F)cc2)cc1. The molecule has 0 spiro atoms. The van der Waals surface area contributed by atoms with Gasteiger partial charge < -0.3 is 10.6 Å². The zero-order valence-corrected chi connectivity index (χ0v) is 16.0. The van der Waals surface area contributed by atoms with Gasteiger partial charge in [-0.15, -0.1) is 0 Å². The average Bonchev–Trinajstić information content (AvgIpc) is 2.60. The largest absolute Gasteiger partial charge is 0.416 e. The Kier molecular flexibility index (Phi) is 6.55. The lowest BCUT2D eigenvalue weighted by Gasteiger charge is -2.12. The summed E-state index contributed by atoms with van der Waals surface area (Å²) in [6, 6.07) is 8.64. The smallest absolute Gasteiger partial charge is 0.338 e. The first-order valence-electron chi connectivity index (χ1n) is 8.32. The molecule has 0 saturated carbocycles. The summed E-state index contributed by atoms with van der Waals surface area (Å²) in [7, 11) is -3.99. The molecule has 0 fully saturated rings. The summed E-state index contributed by atoms with van der Waals surface area (Å²) < 4.78 is 64.6. The van der Waals surface area contributed by atoms with E-state index in [4.69, 9.17) is 0 Å². The Hall–Kier alpha value is -2.75. The van der Waals surface area contributed by atoms with Crippen molar-refractivity contribution in [1.29, 1.82) is 0 Å². The Bertz CT molecular complexity index is 910. The van der Waals surface area contributed by atoms with Crippen molar-refractivity contribution in [3.63, 3.8) is 0 Å². The Morgan fingerprint density at radius 2 is 1.50 bits per heavy atom. The lowest BCUT2D eigenvalue weighted by Crippen LogP contribution is -2.31. The van der Waals surface area contributed by atoms with Crippen LogP contribution in [0.15, 0.2) is 53.4 Å². The molecule has 0 aliphatic heterocycles. The molecule has 2 amide bonds. The second-order valence-corrected chi connectivity index (χ2v) is 8.12. The molecule has 2 rings (SSSR count). The van der Waals surface area contributed by atoms with Gasteiger partial charge in [-0.3, -0.25) is 4.72 Å². The summed E-state index contributed by atoms with van der Waals surface area (Å²) in [5.41, 5.74) is -0.473. The van der Waals surface area contributed by atoms with Gasteiger partial charge in [0.1, 0.15) is 0 Å². The minimum atomic E-state index is -4.50. The first-order valence-corrected chi connectivity index (χ1v) is 9.81. The number of rotatable bonds is 6. The Morgan fingerprint density at radius 3 is 2.00 bits per heavy atom. The van der Waals surface area contributed by atoms with Crippen molar-refractivity contribution < 1.29 is 26.4 Å². The zero-order chi connectivity index (χ0) is 20.9. The van der Waals surface area contributed by atoms with E-state index in [-0.39, 0.29) is 16.5 Å². The predicted octanol–water partition coefficient (Wildman–Crippen LogP) is 4.28. The highest BCUT2D eigenvalue weighted by molar-refractivity contribution is 7.92. The summed E-state index contributed by atoms with van der Waals surface area (Å²) in [6.45, 7) is 4.39. The molecule has 0 radical (unpaired) electrons. The number of carbonyl (C=O) groups excluding carboxylic acids is 1. The number of anilines is 2. The Morgan fingerprint density at radius 1 is 0.964 bits per heavy atom. The second-order valence-electron chi connectivity index (χ2n) is 6.43. The van der Waals surface area contributed by atoms with Crippen LogP contribution in [0.4, 0.5) is 29.3 Å². The van der Waals surface area contributed by atoms with E-state index in [1.165, 1.54) is 24.3 Å². The standard InChI is InChI=1S/C18H20F3N3O3S/c1-12(2)11-22-17(25)23-14-7-9-16(10-8-14)28(26,27)24-15-5-3-13(4-6-15)18(19,20)21/h3-10,12,24H,11H2,1-2H3,(H2,22,23,25). The van der Waals surface area contributed by atoms with Gasteiger partial charge in [-0.2, -0.15) is 13.2 Å². The predicted molar refractivity (Wildman–Crippen MR) is 101 cm³/mol.